The smallest absolute Gasteiger partial charge is 0.294 e. The maximum atomic E-state index is 11.8. The zero-order valence-corrected chi connectivity index (χ0v) is 26.8. The summed E-state index contributed by atoms with van der Waals surface area (Å²) >= 11 is 0.965. The minimum atomic E-state index is -4.29. The monoisotopic (exact) mass is 613 g/mol. The molecule has 0 saturated carbocycles. The van der Waals surface area contributed by atoms with Crippen LogP contribution in [0.2, 0.25) is 0 Å². The fourth-order valence-corrected chi connectivity index (χ4v) is 6.94. The number of hydrogen-bond acceptors (Lipinski definition) is 7. The number of rotatable bonds is 12. The Kier molecular flexibility index (Phi) is 9.86. The van der Waals surface area contributed by atoms with E-state index < -0.39 is 15.5 Å². The summed E-state index contributed by atoms with van der Waals surface area (Å²) in [7, 11) is -4.29. The maximum Gasteiger partial charge on any atom is 0.294 e. The number of nitrogens with zero attached hydrogens (tertiary/aromatic N) is 2. The minimum absolute atomic E-state index is 0.0919. The zero-order valence-electron chi connectivity index (χ0n) is 25.1. The number of anilines is 1. The molecule has 0 spiro atoms. The molecule has 10 heteroatoms. The number of hydrogen-bond donors (Lipinski definition) is 2. The van der Waals surface area contributed by atoms with E-state index in [1.165, 1.54) is 23.0 Å². The SMILES string of the molecule is CCCCC[N+]1=C(/C=C/C=C/C=C2/N(CC)c3ccc(S(=O)(=O)O)cc3C2(C)C)C(C)(C)c2cc(SOOO)ccc21. The molecule has 2 aliphatic heterocycles. The average Bonchev–Trinajstić information content (AvgIpc) is 3.29. The zero-order chi connectivity index (χ0) is 30.7. The molecule has 0 unspecified atom stereocenters. The Balaban J connectivity index is 1.63. The van der Waals surface area contributed by atoms with Crippen molar-refractivity contribution < 1.29 is 32.2 Å². The van der Waals surface area contributed by atoms with Crippen molar-refractivity contribution in [2.24, 2.45) is 0 Å². The van der Waals surface area contributed by atoms with Gasteiger partial charge in [-0.2, -0.15) is 13.0 Å². The van der Waals surface area contributed by atoms with Gasteiger partial charge in [0.15, 0.2) is 5.71 Å². The Hall–Kier alpha value is -2.73. The average molecular weight is 614 g/mol. The van der Waals surface area contributed by atoms with Gasteiger partial charge in [-0.25, -0.2) is 5.26 Å². The lowest BCUT2D eigenvalue weighted by molar-refractivity contribution is -0.438. The highest BCUT2D eigenvalue weighted by Gasteiger charge is 2.44. The van der Waals surface area contributed by atoms with E-state index in [4.69, 9.17) is 5.26 Å². The highest BCUT2D eigenvalue weighted by atomic mass is 32.2. The lowest BCUT2D eigenvalue weighted by atomic mass is 9.81. The Morgan fingerprint density at radius 3 is 2.40 bits per heavy atom. The van der Waals surface area contributed by atoms with Crippen molar-refractivity contribution in [3.8, 4) is 0 Å². The fraction of sp³-hybridized carbons (Fsp3) is 0.406. The van der Waals surface area contributed by atoms with E-state index in [0.717, 1.165) is 66.2 Å². The molecule has 0 aromatic heterocycles. The normalized spacial score (nSPS) is 18.6. The van der Waals surface area contributed by atoms with Gasteiger partial charge in [-0.15, -0.1) is 4.33 Å². The standard InChI is InChI=1S/C32H40N2O6S2/c1-7-9-13-20-34-28-18-16-23(41-40-39-35)21-25(28)31(3,4)30(34)15-12-10-11-14-29-32(5,6)26-22-24(42(36,37)38)17-19-27(26)33(29)8-2/h10-12,14-19,21-22H,7-9,13,20H2,1-6H3,(H-,35,36,37,38)/p+1. The van der Waals surface area contributed by atoms with E-state index in [2.05, 4.69) is 90.8 Å². The third-order valence-electron chi connectivity index (χ3n) is 8.22. The lowest BCUT2D eigenvalue weighted by Crippen LogP contribution is -2.28. The molecule has 0 saturated heterocycles. The molecular weight excluding hydrogens is 572 g/mol. The van der Waals surface area contributed by atoms with E-state index in [9.17, 15) is 13.0 Å². The van der Waals surface area contributed by atoms with Crippen LogP contribution in [-0.4, -0.2) is 41.6 Å². The Labute approximate surface area is 253 Å². The predicted molar refractivity (Wildman–Crippen MR) is 168 cm³/mol. The van der Waals surface area contributed by atoms with E-state index in [-0.39, 0.29) is 10.3 Å². The molecule has 2 aliphatic rings. The molecule has 2 heterocycles. The molecule has 0 radical (unpaired) electrons. The van der Waals surface area contributed by atoms with Gasteiger partial charge in [-0.05, 0) is 69.2 Å². The van der Waals surface area contributed by atoms with E-state index in [0.29, 0.717) is 0 Å². The largest absolute Gasteiger partial charge is 0.344 e. The molecular formula is C32H41N2O6S2+. The Morgan fingerprint density at radius 2 is 1.74 bits per heavy atom. The summed E-state index contributed by atoms with van der Waals surface area (Å²) in [5.74, 6) is 0. The van der Waals surface area contributed by atoms with Gasteiger partial charge in [0.25, 0.3) is 10.1 Å². The summed E-state index contributed by atoms with van der Waals surface area (Å²) in [4.78, 5) is 2.93. The first-order valence-electron chi connectivity index (χ1n) is 14.3. The number of likely N-dealkylation sites (N-methyl/N-ethyl adjacent to an activating group) is 1. The summed E-state index contributed by atoms with van der Waals surface area (Å²) in [6, 6.07) is 10.9. The van der Waals surface area contributed by atoms with Crippen LogP contribution in [0.1, 0.15) is 71.9 Å². The number of benzene rings is 2. The van der Waals surface area contributed by atoms with Gasteiger partial charge in [0.1, 0.15) is 6.54 Å². The molecule has 2 aromatic rings. The van der Waals surface area contributed by atoms with Gasteiger partial charge >= 0.3 is 0 Å². The molecule has 2 N–H and O–H groups in total. The molecule has 8 nitrogen and oxygen atoms in total. The van der Waals surface area contributed by atoms with Crippen LogP contribution in [0.3, 0.4) is 0 Å². The van der Waals surface area contributed by atoms with Crippen LogP contribution in [-0.2, 0) is 30.3 Å². The van der Waals surface area contributed by atoms with Crippen molar-refractivity contribution in [1.29, 1.82) is 0 Å². The van der Waals surface area contributed by atoms with Crippen LogP contribution in [0.5, 0.6) is 0 Å². The summed E-state index contributed by atoms with van der Waals surface area (Å²) in [6.45, 7) is 14.5. The molecule has 42 heavy (non-hydrogen) atoms. The lowest BCUT2D eigenvalue weighted by Gasteiger charge is -2.25. The van der Waals surface area contributed by atoms with Crippen molar-refractivity contribution in [3.63, 3.8) is 0 Å². The van der Waals surface area contributed by atoms with Crippen LogP contribution in [0.15, 0.2) is 82.3 Å². The van der Waals surface area contributed by atoms with Gasteiger partial charge in [0.2, 0.25) is 5.69 Å². The fourth-order valence-electron chi connectivity index (χ4n) is 6.03. The molecule has 0 atom stereocenters. The van der Waals surface area contributed by atoms with E-state index >= 15 is 0 Å². The second kappa shape index (κ2) is 12.9. The third-order valence-corrected chi connectivity index (χ3v) is 9.64. The number of allylic oxidation sites excluding steroid dienone is 6. The highest BCUT2D eigenvalue weighted by Crippen LogP contribution is 2.48. The molecule has 0 aliphatic carbocycles. The summed E-state index contributed by atoms with van der Waals surface area (Å²) in [6.07, 6.45) is 13.7. The van der Waals surface area contributed by atoms with Crippen LogP contribution in [0.4, 0.5) is 11.4 Å². The molecule has 0 fully saturated rings. The third kappa shape index (κ3) is 6.29. The maximum absolute atomic E-state index is 11.8. The minimum Gasteiger partial charge on any atom is -0.344 e. The van der Waals surface area contributed by atoms with E-state index in [1.54, 1.807) is 12.1 Å². The molecule has 2 aromatic carbocycles. The Morgan fingerprint density at radius 1 is 0.976 bits per heavy atom. The van der Waals surface area contributed by atoms with Gasteiger partial charge in [0, 0.05) is 52.4 Å². The highest BCUT2D eigenvalue weighted by molar-refractivity contribution is 7.94. The Bertz CT molecular complexity index is 1550. The number of unbranched alkanes of at least 4 members (excludes halogenated alkanes) is 2. The van der Waals surface area contributed by atoms with Crippen LogP contribution in [0, 0.1) is 0 Å². The van der Waals surface area contributed by atoms with Crippen molar-refractivity contribution >= 4 is 39.2 Å². The van der Waals surface area contributed by atoms with Gasteiger partial charge in [-0.3, -0.25) is 4.55 Å². The molecule has 226 valence electrons. The summed E-state index contributed by atoms with van der Waals surface area (Å²) < 4.78 is 40.2. The van der Waals surface area contributed by atoms with Crippen molar-refractivity contribution in [1.82, 2.24) is 0 Å². The van der Waals surface area contributed by atoms with Crippen molar-refractivity contribution in [3.05, 3.63) is 83.6 Å². The summed E-state index contributed by atoms with van der Waals surface area (Å²) in [5.41, 5.74) is 5.73. The second-order valence-corrected chi connectivity index (χ2v) is 13.8. The van der Waals surface area contributed by atoms with Crippen molar-refractivity contribution in [2.75, 3.05) is 18.0 Å². The number of fused-ring (bicyclic) bond motifs is 2. The van der Waals surface area contributed by atoms with Crippen molar-refractivity contribution in [2.45, 2.75) is 81.4 Å². The first-order chi connectivity index (χ1) is 19.9. The first-order valence-corrected chi connectivity index (χ1v) is 16.4. The van der Waals surface area contributed by atoms with Gasteiger partial charge < -0.3 is 4.90 Å². The second-order valence-electron chi connectivity index (χ2n) is 11.6. The molecule has 0 bridgehead atoms. The molecule has 4 rings (SSSR count). The predicted octanol–water partition coefficient (Wildman–Crippen LogP) is 7.74. The van der Waals surface area contributed by atoms with Gasteiger partial charge in [0.05, 0.1) is 22.4 Å². The van der Waals surface area contributed by atoms with Crippen LogP contribution >= 0.6 is 12.0 Å². The quantitative estimate of drug-likeness (QED) is 0.0477. The first kappa shape index (κ1) is 32.2. The van der Waals surface area contributed by atoms with Crippen LogP contribution < -0.4 is 4.90 Å². The van der Waals surface area contributed by atoms with Gasteiger partial charge in [-0.1, -0.05) is 50.5 Å². The molecule has 0 amide bonds. The van der Waals surface area contributed by atoms with Crippen LogP contribution in [0.25, 0.3) is 0 Å². The van der Waals surface area contributed by atoms with E-state index in [1.807, 2.05) is 18.2 Å². The topological polar surface area (TPSA) is 99.3 Å². The summed E-state index contributed by atoms with van der Waals surface area (Å²) in [5, 5.41) is 12.4.